The van der Waals surface area contributed by atoms with Crippen LogP contribution in [0.15, 0.2) is 12.7 Å². The Bertz CT molecular complexity index is 574. The van der Waals surface area contributed by atoms with Gasteiger partial charge in [0, 0.05) is 18.6 Å². The summed E-state index contributed by atoms with van der Waals surface area (Å²) in [4.78, 5) is 12.2. The summed E-state index contributed by atoms with van der Waals surface area (Å²) in [5.41, 5.74) is -1.12. The third-order valence-corrected chi connectivity index (χ3v) is 8.10. The van der Waals surface area contributed by atoms with Crippen molar-refractivity contribution in [3.8, 4) is 0 Å². The molecule has 0 radical (unpaired) electrons. The van der Waals surface area contributed by atoms with Gasteiger partial charge in [0.25, 0.3) is 0 Å². The van der Waals surface area contributed by atoms with Crippen molar-refractivity contribution in [1.82, 2.24) is 0 Å². The maximum atomic E-state index is 12.2. The molecule has 0 aliphatic heterocycles. The molecule has 0 amide bonds. The summed E-state index contributed by atoms with van der Waals surface area (Å²) in [6.45, 7) is 9.16. The molecule has 0 unspecified atom stereocenters. The summed E-state index contributed by atoms with van der Waals surface area (Å²) in [6.07, 6.45) is 13.0. The zero-order valence-electron chi connectivity index (χ0n) is 18.7. The number of esters is 1. The highest BCUT2D eigenvalue weighted by Crippen LogP contribution is 2.65. The quantitative estimate of drug-likeness (QED) is 0.232. The number of hydrogen-bond acceptors (Lipinski definition) is 5. The van der Waals surface area contributed by atoms with Crippen LogP contribution in [0.1, 0.15) is 78.1 Å². The molecule has 0 N–H and O–H groups in total. The van der Waals surface area contributed by atoms with Gasteiger partial charge in [0.15, 0.2) is 0 Å². The number of rotatable bonds is 9. The van der Waals surface area contributed by atoms with Gasteiger partial charge in [-0.15, -0.1) is 0 Å². The van der Waals surface area contributed by atoms with Crippen LogP contribution in [0, 0.1) is 17.3 Å². The van der Waals surface area contributed by atoms with Crippen LogP contribution in [-0.2, 0) is 23.7 Å². The fourth-order valence-electron chi connectivity index (χ4n) is 6.69. The standard InChI is InChI=1S/C24H40O5/c1-5-21(25)29-22(2,3)23-12-8-9-13-24(23,28-18-27-15-14-26-4)17-20-11-7-6-10-19(20)16-23/h5,19-20H,1,6-18H2,2-4H3/t19-,20+,23+,24-/m1/s1. The third-order valence-electron chi connectivity index (χ3n) is 8.10. The smallest absolute Gasteiger partial charge is 0.330 e. The van der Waals surface area contributed by atoms with Gasteiger partial charge in [-0.25, -0.2) is 4.79 Å². The lowest BCUT2D eigenvalue weighted by Crippen LogP contribution is -2.67. The molecular formula is C24H40O5. The molecule has 0 aromatic heterocycles. The van der Waals surface area contributed by atoms with E-state index in [1.165, 1.54) is 31.8 Å². The lowest BCUT2D eigenvalue weighted by molar-refractivity contribution is -0.290. The van der Waals surface area contributed by atoms with Crippen molar-refractivity contribution in [1.29, 1.82) is 0 Å². The van der Waals surface area contributed by atoms with Crippen molar-refractivity contribution in [2.45, 2.75) is 89.3 Å². The topological polar surface area (TPSA) is 54.0 Å². The maximum absolute atomic E-state index is 12.2. The van der Waals surface area contributed by atoms with Gasteiger partial charge >= 0.3 is 5.97 Å². The Morgan fingerprint density at radius 2 is 1.76 bits per heavy atom. The van der Waals surface area contributed by atoms with Gasteiger partial charge in [0.2, 0.25) is 0 Å². The molecule has 0 saturated heterocycles. The average Bonchev–Trinajstić information content (AvgIpc) is 2.71. The van der Waals surface area contributed by atoms with Crippen LogP contribution in [0.25, 0.3) is 0 Å². The van der Waals surface area contributed by atoms with E-state index >= 15 is 0 Å². The molecule has 5 nitrogen and oxygen atoms in total. The van der Waals surface area contributed by atoms with Gasteiger partial charge in [-0.05, 0) is 51.4 Å². The van der Waals surface area contributed by atoms with Crippen LogP contribution in [0.3, 0.4) is 0 Å². The predicted molar refractivity (Wildman–Crippen MR) is 112 cm³/mol. The van der Waals surface area contributed by atoms with Gasteiger partial charge in [-0.2, -0.15) is 0 Å². The molecule has 0 bridgehead atoms. The molecule has 0 heterocycles. The largest absolute Gasteiger partial charge is 0.456 e. The first-order valence-electron chi connectivity index (χ1n) is 11.5. The SMILES string of the molecule is C=CC(=O)OC(C)(C)[C@@]12CCCC[C@@]1(OCOCCOC)C[C@@H]1CCCC[C@@H]1C2. The number of carbonyl (C=O) groups is 1. The van der Waals surface area contributed by atoms with Crippen LogP contribution in [0.2, 0.25) is 0 Å². The number of fused-ring (bicyclic) bond motifs is 2. The molecule has 0 aromatic rings. The summed E-state index contributed by atoms with van der Waals surface area (Å²) in [5.74, 6) is 1.07. The van der Waals surface area contributed by atoms with E-state index in [2.05, 4.69) is 20.4 Å². The Labute approximate surface area is 176 Å². The molecule has 5 heteroatoms. The zero-order valence-corrected chi connectivity index (χ0v) is 18.7. The monoisotopic (exact) mass is 408 g/mol. The van der Waals surface area contributed by atoms with Crippen molar-refractivity contribution in [3.63, 3.8) is 0 Å². The Morgan fingerprint density at radius 1 is 1.07 bits per heavy atom. The van der Waals surface area contributed by atoms with E-state index in [0.29, 0.717) is 25.0 Å². The maximum Gasteiger partial charge on any atom is 0.330 e. The molecule has 3 aliphatic carbocycles. The minimum absolute atomic E-state index is 0.194. The Morgan fingerprint density at radius 3 is 2.45 bits per heavy atom. The van der Waals surface area contributed by atoms with Gasteiger partial charge in [0.05, 0.1) is 18.8 Å². The van der Waals surface area contributed by atoms with Gasteiger partial charge in [0.1, 0.15) is 12.4 Å². The third kappa shape index (κ3) is 4.42. The van der Waals surface area contributed by atoms with E-state index in [1.54, 1.807) is 7.11 Å². The first-order valence-corrected chi connectivity index (χ1v) is 11.5. The molecule has 3 saturated carbocycles. The van der Waals surface area contributed by atoms with E-state index in [9.17, 15) is 4.79 Å². The molecule has 0 aromatic carbocycles. The molecule has 29 heavy (non-hydrogen) atoms. The van der Waals surface area contributed by atoms with Crippen LogP contribution in [-0.4, -0.2) is 44.3 Å². The second-order valence-corrected chi connectivity index (χ2v) is 9.80. The highest BCUT2D eigenvalue weighted by molar-refractivity contribution is 5.81. The summed E-state index contributed by atoms with van der Waals surface area (Å²) < 4.78 is 23.6. The number of ether oxygens (including phenoxy) is 4. The van der Waals surface area contributed by atoms with E-state index in [4.69, 9.17) is 18.9 Å². The lowest BCUT2D eigenvalue weighted by Gasteiger charge is -2.65. The molecular weight excluding hydrogens is 368 g/mol. The summed E-state index contributed by atoms with van der Waals surface area (Å²) in [5, 5.41) is 0. The van der Waals surface area contributed by atoms with Gasteiger partial charge in [-0.1, -0.05) is 45.1 Å². The highest BCUT2D eigenvalue weighted by Gasteiger charge is 2.66. The number of carbonyl (C=O) groups excluding carboxylic acids is 1. The van der Waals surface area contributed by atoms with Crippen LogP contribution >= 0.6 is 0 Å². The fourth-order valence-corrected chi connectivity index (χ4v) is 6.69. The van der Waals surface area contributed by atoms with Crippen LogP contribution in [0.5, 0.6) is 0 Å². The molecule has 0 spiro atoms. The second kappa shape index (κ2) is 9.49. The predicted octanol–water partition coefficient (Wildman–Crippen LogP) is 5.03. The van der Waals surface area contributed by atoms with Crippen LogP contribution in [0.4, 0.5) is 0 Å². The van der Waals surface area contributed by atoms with Crippen molar-refractivity contribution >= 4 is 5.97 Å². The van der Waals surface area contributed by atoms with Crippen molar-refractivity contribution < 1.29 is 23.7 Å². The second-order valence-electron chi connectivity index (χ2n) is 9.80. The fraction of sp³-hybridized carbons (Fsp3) is 0.875. The van der Waals surface area contributed by atoms with Crippen molar-refractivity contribution in [2.75, 3.05) is 27.1 Å². The lowest BCUT2D eigenvalue weighted by atomic mass is 9.45. The van der Waals surface area contributed by atoms with E-state index in [1.807, 2.05) is 0 Å². The molecule has 166 valence electrons. The molecule has 4 atom stereocenters. The first kappa shape index (κ1) is 22.8. The van der Waals surface area contributed by atoms with Crippen LogP contribution < -0.4 is 0 Å². The Balaban J connectivity index is 1.91. The first-order chi connectivity index (χ1) is 13.9. The van der Waals surface area contributed by atoms with Gasteiger partial charge in [-0.3, -0.25) is 0 Å². The zero-order chi connectivity index (χ0) is 21.0. The minimum Gasteiger partial charge on any atom is -0.456 e. The number of hydrogen-bond donors (Lipinski definition) is 0. The van der Waals surface area contributed by atoms with Crippen molar-refractivity contribution in [2.24, 2.45) is 17.3 Å². The Hall–Kier alpha value is -0.910. The summed E-state index contributed by atoms with van der Waals surface area (Å²) in [6, 6.07) is 0. The Kier molecular flexibility index (Phi) is 7.45. The molecule has 3 aliphatic rings. The molecule has 3 fully saturated rings. The van der Waals surface area contributed by atoms with Gasteiger partial charge < -0.3 is 18.9 Å². The molecule has 3 rings (SSSR count). The minimum atomic E-state index is -0.617. The van der Waals surface area contributed by atoms with E-state index in [-0.39, 0.29) is 23.8 Å². The normalized spacial score (nSPS) is 34.7. The summed E-state index contributed by atoms with van der Waals surface area (Å²) in [7, 11) is 1.68. The van der Waals surface area contributed by atoms with Crippen molar-refractivity contribution in [3.05, 3.63) is 12.7 Å². The van der Waals surface area contributed by atoms with E-state index in [0.717, 1.165) is 38.5 Å². The van der Waals surface area contributed by atoms with E-state index < -0.39 is 5.60 Å². The number of methoxy groups -OCH3 is 1. The summed E-state index contributed by atoms with van der Waals surface area (Å²) >= 11 is 0. The highest BCUT2D eigenvalue weighted by atomic mass is 16.7. The average molecular weight is 409 g/mol.